The minimum absolute atomic E-state index is 0.190. The molecule has 0 bridgehead atoms. The molecule has 18 heavy (non-hydrogen) atoms. The summed E-state index contributed by atoms with van der Waals surface area (Å²) in [6.45, 7) is 3.83. The van der Waals surface area contributed by atoms with Crippen molar-refractivity contribution in [2.24, 2.45) is 5.92 Å². The second-order valence-corrected chi connectivity index (χ2v) is 4.98. The van der Waals surface area contributed by atoms with Gasteiger partial charge in [0.05, 0.1) is 0 Å². The van der Waals surface area contributed by atoms with Crippen molar-refractivity contribution in [3.63, 3.8) is 0 Å². The van der Waals surface area contributed by atoms with Gasteiger partial charge < -0.3 is 20.2 Å². The lowest BCUT2D eigenvalue weighted by Crippen LogP contribution is -2.54. The summed E-state index contributed by atoms with van der Waals surface area (Å²) in [7, 11) is 3.53. The third kappa shape index (κ3) is 3.60. The van der Waals surface area contributed by atoms with Crippen LogP contribution in [0.1, 0.15) is 19.8 Å². The highest BCUT2D eigenvalue weighted by Crippen LogP contribution is 2.23. The summed E-state index contributed by atoms with van der Waals surface area (Å²) < 4.78 is 0. The Morgan fingerprint density at radius 1 is 1.50 bits per heavy atom. The number of carboxylic acid groups (broad SMARTS) is 1. The predicted molar refractivity (Wildman–Crippen MR) is 68.5 cm³/mol. The Labute approximate surface area is 108 Å². The molecule has 0 aromatic rings. The lowest BCUT2D eigenvalue weighted by atomic mass is 9.93. The summed E-state index contributed by atoms with van der Waals surface area (Å²) in [6.07, 6.45) is 1.41. The van der Waals surface area contributed by atoms with Gasteiger partial charge in [0.1, 0.15) is 6.04 Å². The van der Waals surface area contributed by atoms with Crippen LogP contribution in [0.25, 0.3) is 0 Å². The number of likely N-dealkylation sites (N-methyl/N-ethyl adjacent to an activating group) is 2. The van der Waals surface area contributed by atoms with Gasteiger partial charge in [-0.05, 0) is 25.8 Å². The first-order valence-corrected chi connectivity index (χ1v) is 6.36. The van der Waals surface area contributed by atoms with Gasteiger partial charge in [0, 0.05) is 26.7 Å². The second kappa shape index (κ2) is 6.58. The van der Waals surface area contributed by atoms with E-state index in [1.165, 1.54) is 4.90 Å². The van der Waals surface area contributed by atoms with Crippen LogP contribution in [0.15, 0.2) is 0 Å². The van der Waals surface area contributed by atoms with Crippen LogP contribution in [0.3, 0.4) is 0 Å². The van der Waals surface area contributed by atoms with Crippen molar-refractivity contribution in [2.75, 3.05) is 33.7 Å². The maximum Gasteiger partial charge on any atom is 0.326 e. The number of nitrogens with one attached hydrogen (secondary N) is 1. The average molecular weight is 257 g/mol. The van der Waals surface area contributed by atoms with Crippen LogP contribution >= 0.6 is 0 Å². The van der Waals surface area contributed by atoms with E-state index in [9.17, 15) is 14.7 Å². The molecule has 0 spiro atoms. The molecule has 0 aromatic heterocycles. The van der Waals surface area contributed by atoms with E-state index in [0.29, 0.717) is 32.0 Å². The van der Waals surface area contributed by atoms with E-state index in [4.69, 9.17) is 0 Å². The monoisotopic (exact) mass is 257 g/mol. The van der Waals surface area contributed by atoms with Gasteiger partial charge in [-0.2, -0.15) is 0 Å². The molecule has 1 heterocycles. The molecule has 0 saturated carbocycles. The number of rotatable bonds is 4. The molecular formula is C12H23N3O3. The summed E-state index contributed by atoms with van der Waals surface area (Å²) in [5.41, 5.74) is 0. The van der Waals surface area contributed by atoms with E-state index >= 15 is 0 Å². The number of nitrogens with zero attached hydrogens (tertiary/aromatic N) is 2. The standard InChI is InChI=1S/C12H23N3O3/c1-9-4-6-15(10(8-9)11(16)17)12(18)14(3)7-5-13-2/h9-10,13H,4-8H2,1-3H3,(H,16,17). The van der Waals surface area contributed by atoms with Gasteiger partial charge in [-0.3, -0.25) is 0 Å². The molecule has 1 aliphatic rings. The molecule has 6 heteroatoms. The third-order valence-corrected chi connectivity index (χ3v) is 3.42. The topological polar surface area (TPSA) is 72.9 Å². The molecule has 2 N–H and O–H groups in total. The van der Waals surface area contributed by atoms with Gasteiger partial charge >= 0.3 is 12.0 Å². The highest BCUT2D eigenvalue weighted by Gasteiger charge is 2.35. The van der Waals surface area contributed by atoms with Crippen LogP contribution in [0, 0.1) is 5.92 Å². The quantitative estimate of drug-likeness (QED) is 0.766. The van der Waals surface area contributed by atoms with Crippen molar-refractivity contribution in [3.8, 4) is 0 Å². The Morgan fingerprint density at radius 3 is 2.72 bits per heavy atom. The van der Waals surface area contributed by atoms with E-state index in [0.717, 1.165) is 6.42 Å². The van der Waals surface area contributed by atoms with Crippen molar-refractivity contribution >= 4 is 12.0 Å². The Hall–Kier alpha value is -1.30. The van der Waals surface area contributed by atoms with Gasteiger partial charge in [-0.15, -0.1) is 0 Å². The minimum atomic E-state index is -0.906. The number of urea groups is 1. The minimum Gasteiger partial charge on any atom is -0.480 e. The predicted octanol–water partition coefficient (Wildman–Crippen LogP) is 0.443. The summed E-state index contributed by atoms with van der Waals surface area (Å²) >= 11 is 0. The maximum absolute atomic E-state index is 12.2. The Kier molecular flexibility index (Phi) is 5.40. The summed E-state index contributed by atoms with van der Waals surface area (Å²) in [5, 5.41) is 12.2. The fourth-order valence-corrected chi connectivity index (χ4v) is 2.20. The first kappa shape index (κ1) is 14.8. The Bertz CT molecular complexity index is 309. The second-order valence-electron chi connectivity index (χ2n) is 4.98. The lowest BCUT2D eigenvalue weighted by molar-refractivity contribution is -0.144. The highest BCUT2D eigenvalue weighted by atomic mass is 16.4. The first-order valence-electron chi connectivity index (χ1n) is 6.36. The molecule has 2 unspecified atom stereocenters. The molecular weight excluding hydrogens is 234 g/mol. The molecule has 2 amide bonds. The van der Waals surface area contributed by atoms with E-state index in [1.54, 1.807) is 11.9 Å². The number of piperidine rings is 1. The molecule has 2 atom stereocenters. The zero-order valence-electron chi connectivity index (χ0n) is 11.3. The fraction of sp³-hybridized carbons (Fsp3) is 0.833. The number of hydrogen-bond donors (Lipinski definition) is 2. The molecule has 1 fully saturated rings. The van der Waals surface area contributed by atoms with E-state index in [1.807, 2.05) is 14.0 Å². The molecule has 0 aromatic carbocycles. The van der Waals surface area contributed by atoms with Crippen LogP contribution in [0.2, 0.25) is 0 Å². The SMILES string of the molecule is CNCCN(C)C(=O)N1CCC(C)CC1C(=O)O. The largest absolute Gasteiger partial charge is 0.480 e. The van der Waals surface area contributed by atoms with Crippen LogP contribution in [0.4, 0.5) is 4.79 Å². The first-order chi connectivity index (χ1) is 8.47. The molecule has 0 radical (unpaired) electrons. The highest BCUT2D eigenvalue weighted by molar-refractivity contribution is 5.82. The summed E-state index contributed by atoms with van der Waals surface area (Å²) in [5.74, 6) is -0.547. The molecule has 1 saturated heterocycles. The summed E-state index contributed by atoms with van der Waals surface area (Å²) in [4.78, 5) is 26.5. The number of carbonyl (C=O) groups is 2. The van der Waals surface area contributed by atoms with Crippen LogP contribution in [-0.2, 0) is 4.79 Å². The van der Waals surface area contributed by atoms with Crippen LogP contribution in [0.5, 0.6) is 0 Å². The lowest BCUT2D eigenvalue weighted by Gasteiger charge is -2.38. The molecule has 1 rings (SSSR count). The van der Waals surface area contributed by atoms with Crippen LogP contribution < -0.4 is 5.32 Å². The third-order valence-electron chi connectivity index (χ3n) is 3.42. The van der Waals surface area contributed by atoms with Crippen molar-refractivity contribution in [1.29, 1.82) is 0 Å². The van der Waals surface area contributed by atoms with Gasteiger partial charge in [-0.1, -0.05) is 6.92 Å². The van der Waals surface area contributed by atoms with Crippen molar-refractivity contribution in [1.82, 2.24) is 15.1 Å². The van der Waals surface area contributed by atoms with E-state index < -0.39 is 12.0 Å². The van der Waals surface area contributed by atoms with Crippen molar-refractivity contribution < 1.29 is 14.7 Å². The Morgan fingerprint density at radius 2 is 2.17 bits per heavy atom. The van der Waals surface area contributed by atoms with Gasteiger partial charge in [0.25, 0.3) is 0 Å². The average Bonchev–Trinajstić information content (AvgIpc) is 2.34. The Balaban J connectivity index is 2.66. The number of carbonyl (C=O) groups excluding carboxylic acids is 1. The zero-order chi connectivity index (χ0) is 13.7. The summed E-state index contributed by atoms with van der Waals surface area (Å²) in [6, 6.07) is -0.872. The smallest absolute Gasteiger partial charge is 0.326 e. The van der Waals surface area contributed by atoms with E-state index in [-0.39, 0.29) is 6.03 Å². The van der Waals surface area contributed by atoms with Crippen LogP contribution in [-0.4, -0.2) is 66.7 Å². The van der Waals surface area contributed by atoms with Gasteiger partial charge in [-0.25, -0.2) is 9.59 Å². The zero-order valence-corrected chi connectivity index (χ0v) is 11.3. The van der Waals surface area contributed by atoms with E-state index in [2.05, 4.69) is 5.32 Å². The number of amides is 2. The molecule has 1 aliphatic heterocycles. The van der Waals surface area contributed by atoms with Gasteiger partial charge in [0.15, 0.2) is 0 Å². The fourth-order valence-electron chi connectivity index (χ4n) is 2.20. The molecule has 6 nitrogen and oxygen atoms in total. The maximum atomic E-state index is 12.2. The number of carboxylic acids is 1. The molecule has 104 valence electrons. The van der Waals surface area contributed by atoms with Gasteiger partial charge in [0.2, 0.25) is 0 Å². The van der Waals surface area contributed by atoms with Crippen molar-refractivity contribution in [2.45, 2.75) is 25.8 Å². The van der Waals surface area contributed by atoms with Crippen molar-refractivity contribution in [3.05, 3.63) is 0 Å². The normalized spacial score (nSPS) is 23.8. The number of hydrogen-bond acceptors (Lipinski definition) is 3. The number of aliphatic carboxylic acids is 1. The molecule has 0 aliphatic carbocycles. The number of likely N-dealkylation sites (tertiary alicyclic amines) is 1.